The van der Waals surface area contributed by atoms with Crippen LogP contribution in [0, 0.1) is 12.7 Å². The number of hydrogen-bond acceptors (Lipinski definition) is 5. The number of nitrogens with zero attached hydrogens (tertiary/aromatic N) is 4. The molecule has 0 aliphatic rings. The van der Waals surface area contributed by atoms with E-state index < -0.39 is 0 Å². The van der Waals surface area contributed by atoms with Gasteiger partial charge in [0.25, 0.3) is 5.91 Å². The molecular weight excluding hydrogens is 373 g/mol. The van der Waals surface area contributed by atoms with E-state index in [1.54, 1.807) is 48.8 Å². The van der Waals surface area contributed by atoms with E-state index in [1.807, 2.05) is 11.5 Å². The molecule has 7 nitrogen and oxygen atoms in total. The van der Waals surface area contributed by atoms with E-state index in [9.17, 15) is 9.18 Å². The van der Waals surface area contributed by atoms with Gasteiger partial charge in [-0.2, -0.15) is 0 Å². The Balaban J connectivity index is 1.40. The van der Waals surface area contributed by atoms with Crippen LogP contribution in [0.4, 0.5) is 10.1 Å². The number of anilines is 1. The zero-order valence-corrected chi connectivity index (χ0v) is 15.4. The smallest absolute Gasteiger partial charge is 0.255 e. The topological polar surface area (TPSA) is 81.9 Å². The number of nitrogens with one attached hydrogen (secondary N) is 1. The third-order valence-electron chi connectivity index (χ3n) is 4.14. The number of rotatable bonds is 5. The van der Waals surface area contributed by atoms with Crippen LogP contribution in [0.3, 0.4) is 0 Å². The van der Waals surface area contributed by atoms with Gasteiger partial charge in [-0.15, -0.1) is 10.2 Å². The number of benzene rings is 2. The lowest BCUT2D eigenvalue weighted by Gasteiger charge is -2.08. The van der Waals surface area contributed by atoms with E-state index in [0.29, 0.717) is 28.7 Å². The van der Waals surface area contributed by atoms with Gasteiger partial charge in [0.15, 0.2) is 5.82 Å². The monoisotopic (exact) mass is 389 g/mol. The van der Waals surface area contributed by atoms with E-state index in [1.165, 1.54) is 24.3 Å². The van der Waals surface area contributed by atoms with E-state index in [-0.39, 0.29) is 11.7 Å². The molecule has 0 aliphatic heterocycles. The van der Waals surface area contributed by atoms with Crippen molar-refractivity contribution >= 4 is 11.6 Å². The zero-order chi connectivity index (χ0) is 20.2. The minimum atomic E-state index is -0.389. The van der Waals surface area contributed by atoms with Gasteiger partial charge in [-0.1, -0.05) is 0 Å². The van der Waals surface area contributed by atoms with Gasteiger partial charge in [-0.3, -0.25) is 9.36 Å². The zero-order valence-electron chi connectivity index (χ0n) is 15.4. The maximum absolute atomic E-state index is 13.0. The van der Waals surface area contributed by atoms with Crippen molar-refractivity contribution in [3.8, 4) is 17.4 Å². The third kappa shape index (κ3) is 4.27. The van der Waals surface area contributed by atoms with Crippen LogP contribution in [0.15, 0.2) is 73.1 Å². The van der Waals surface area contributed by atoms with Gasteiger partial charge in [0.05, 0.1) is 0 Å². The minimum Gasteiger partial charge on any atom is -0.438 e. The Morgan fingerprint density at radius 2 is 1.76 bits per heavy atom. The molecule has 0 atom stereocenters. The number of amides is 1. The van der Waals surface area contributed by atoms with E-state index >= 15 is 0 Å². The summed E-state index contributed by atoms with van der Waals surface area (Å²) in [6.45, 7) is 1.88. The van der Waals surface area contributed by atoms with Crippen molar-refractivity contribution in [3.05, 3.63) is 90.3 Å². The van der Waals surface area contributed by atoms with Crippen LogP contribution in [0.25, 0.3) is 5.82 Å². The molecule has 0 aliphatic carbocycles. The quantitative estimate of drug-likeness (QED) is 0.554. The highest BCUT2D eigenvalue weighted by Crippen LogP contribution is 2.22. The van der Waals surface area contributed by atoms with Gasteiger partial charge >= 0.3 is 0 Å². The Morgan fingerprint density at radius 1 is 1.00 bits per heavy atom. The summed E-state index contributed by atoms with van der Waals surface area (Å²) in [5, 5.41) is 11.0. The van der Waals surface area contributed by atoms with Crippen molar-refractivity contribution in [2.24, 2.45) is 0 Å². The molecule has 144 valence electrons. The molecule has 0 spiro atoms. The fraction of sp³-hybridized carbons (Fsp3) is 0.0476. The molecule has 2 aromatic heterocycles. The Kier molecular flexibility index (Phi) is 4.98. The predicted octanol–water partition coefficient (Wildman–Crippen LogP) is 4.15. The van der Waals surface area contributed by atoms with Crippen LogP contribution < -0.4 is 10.1 Å². The Morgan fingerprint density at radius 3 is 2.38 bits per heavy atom. The minimum absolute atomic E-state index is 0.324. The van der Waals surface area contributed by atoms with Crippen LogP contribution in [0.5, 0.6) is 11.6 Å². The van der Waals surface area contributed by atoms with Gasteiger partial charge < -0.3 is 10.1 Å². The Hall–Kier alpha value is -4.07. The highest BCUT2D eigenvalue weighted by Gasteiger charge is 2.07. The molecule has 0 saturated carbocycles. The van der Waals surface area contributed by atoms with Crippen molar-refractivity contribution < 1.29 is 13.9 Å². The molecule has 2 heterocycles. The van der Waals surface area contributed by atoms with Crippen molar-refractivity contribution in [2.45, 2.75) is 6.92 Å². The summed E-state index contributed by atoms with van der Waals surface area (Å²) >= 11 is 0. The normalized spacial score (nSPS) is 10.6. The molecule has 1 amide bonds. The molecule has 8 heteroatoms. The summed E-state index contributed by atoms with van der Waals surface area (Å²) in [4.78, 5) is 16.3. The largest absolute Gasteiger partial charge is 0.438 e. The maximum atomic E-state index is 13.0. The van der Waals surface area contributed by atoms with Gasteiger partial charge in [0, 0.05) is 29.7 Å². The highest BCUT2D eigenvalue weighted by molar-refractivity contribution is 6.04. The summed E-state index contributed by atoms with van der Waals surface area (Å²) in [6, 6.07) is 15.6. The highest BCUT2D eigenvalue weighted by atomic mass is 19.1. The molecule has 4 aromatic rings. The first-order valence-electron chi connectivity index (χ1n) is 8.77. The SMILES string of the molecule is Cc1nccn1-c1ccc(Oc2ccc(NC(=O)c3ccc(F)cc3)cc2)nn1. The van der Waals surface area contributed by atoms with Gasteiger partial charge in [0.1, 0.15) is 17.4 Å². The van der Waals surface area contributed by atoms with E-state index in [2.05, 4.69) is 20.5 Å². The van der Waals surface area contributed by atoms with Crippen LogP contribution >= 0.6 is 0 Å². The van der Waals surface area contributed by atoms with Crippen LogP contribution in [0.2, 0.25) is 0 Å². The van der Waals surface area contributed by atoms with Crippen LogP contribution in [-0.2, 0) is 0 Å². The molecule has 0 radical (unpaired) electrons. The number of carbonyl (C=O) groups excluding carboxylic acids is 1. The molecule has 0 saturated heterocycles. The van der Waals surface area contributed by atoms with E-state index in [4.69, 9.17) is 4.74 Å². The Bertz CT molecular complexity index is 1120. The number of carbonyl (C=O) groups is 1. The molecule has 0 bridgehead atoms. The molecular formula is C21H16FN5O2. The Labute approximate surface area is 165 Å². The van der Waals surface area contributed by atoms with Gasteiger partial charge in [-0.25, -0.2) is 9.37 Å². The van der Waals surface area contributed by atoms with Crippen LogP contribution in [0.1, 0.15) is 16.2 Å². The number of ether oxygens (including phenoxy) is 1. The molecule has 0 unspecified atom stereocenters. The fourth-order valence-electron chi connectivity index (χ4n) is 2.65. The number of aromatic nitrogens is 4. The third-order valence-corrected chi connectivity index (χ3v) is 4.14. The summed E-state index contributed by atoms with van der Waals surface area (Å²) < 4.78 is 20.5. The van der Waals surface area contributed by atoms with Crippen molar-refractivity contribution in [1.82, 2.24) is 19.7 Å². The van der Waals surface area contributed by atoms with Crippen molar-refractivity contribution in [2.75, 3.05) is 5.32 Å². The van der Waals surface area contributed by atoms with Crippen LogP contribution in [-0.4, -0.2) is 25.7 Å². The number of aryl methyl sites for hydroxylation is 1. The van der Waals surface area contributed by atoms with E-state index in [0.717, 1.165) is 5.82 Å². The standard InChI is InChI=1S/C21H16FN5O2/c1-14-23-12-13-27(14)19-10-11-20(26-25-19)29-18-8-6-17(7-9-18)24-21(28)15-2-4-16(22)5-3-15/h2-13H,1H3,(H,24,28). The molecule has 1 N–H and O–H groups in total. The van der Waals surface area contributed by atoms with Gasteiger partial charge in [-0.05, 0) is 61.5 Å². The first-order chi connectivity index (χ1) is 14.1. The summed E-state index contributed by atoms with van der Waals surface area (Å²) in [7, 11) is 0. The molecule has 4 rings (SSSR count). The average Bonchev–Trinajstić information content (AvgIpc) is 3.16. The molecule has 2 aromatic carbocycles. The first kappa shape index (κ1) is 18.3. The van der Waals surface area contributed by atoms with Crippen molar-refractivity contribution in [3.63, 3.8) is 0 Å². The summed E-state index contributed by atoms with van der Waals surface area (Å²) in [6.07, 6.45) is 3.50. The molecule has 0 fully saturated rings. The number of halogens is 1. The average molecular weight is 389 g/mol. The first-order valence-corrected chi connectivity index (χ1v) is 8.77. The lowest BCUT2D eigenvalue weighted by Crippen LogP contribution is -2.11. The summed E-state index contributed by atoms with van der Waals surface area (Å²) in [5.74, 6) is 1.63. The number of hydrogen-bond donors (Lipinski definition) is 1. The predicted molar refractivity (Wildman–Crippen MR) is 105 cm³/mol. The second-order valence-corrected chi connectivity index (χ2v) is 6.16. The number of imidazole rings is 1. The summed E-state index contributed by atoms with van der Waals surface area (Å²) in [5.41, 5.74) is 0.957. The van der Waals surface area contributed by atoms with Gasteiger partial charge in [0.2, 0.25) is 5.88 Å². The second kappa shape index (κ2) is 7.89. The molecule has 29 heavy (non-hydrogen) atoms. The second-order valence-electron chi connectivity index (χ2n) is 6.16. The lowest BCUT2D eigenvalue weighted by molar-refractivity contribution is 0.102. The fourth-order valence-corrected chi connectivity index (χ4v) is 2.65. The maximum Gasteiger partial charge on any atom is 0.255 e. The van der Waals surface area contributed by atoms with Crippen molar-refractivity contribution in [1.29, 1.82) is 0 Å². The lowest BCUT2D eigenvalue weighted by atomic mass is 10.2.